The zero-order valence-corrected chi connectivity index (χ0v) is 10.9. The predicted octanol–water partition coefficient (Wildman–Crippen LogP) is 2.93. The summed E-state index contributed by atoms with van der Waals surface area (Å²) >= 11 is 0. The van der Waals surface area contributed by atoms with Gasteiger partial charge in [-0.15, -0.1) is 0 Å². The number of aryl methyl sites for hydroxylation is 1. The van der Waals surface area contributed by atoms with Crippen LogP contribution < -0.4 is 5.32 Å². The van der Waals surface area contributed by atoms with Gasteiger partial charge in [-0.3, -0.25) is 4.98 Å². The number of aromatic nitrogens is 1. The highest BCUT2D eigenvalue weighted by atomic mass is 14.9. The first-order valence-electron chi connectivity index (χ1n) is 6.49. The van der Waals surface area contributed by atoms with Gasteiger partial charge in [-0.25, -0.2) is 0 Å². The number of hydrogen-bond acceptors (Lipinski definition) is 2. The van der Waals surface area contributed by atoms with Crippen molar-refractivity contribution in [1.29, 1.82) is 0 Å². The number of benzene rings is 1. The molecule has 0 saturated heterocycles. The van der Waals surface area contributed by atoms with Crippen LogP contribution in [-0.4, -0.2) is 11.5 Å². The summed E-state index contributed by atoms with van der Waals surface area (Å²) in [7, 11) is 0. The van der Waals surface area contributed by atoms with Crippen molar-refractivity contribution in [2.24, 2.45) is 0 Å². The van der Waals surface area contributed by atoms with Gasteiger partial charge in [0.15, 0.2) is 0 Å². The summed E-state index contributed by atoms with van der Waals surface area (Å²) in [6.45, 7) is 5.35. The van der Waals surface area contributed by atoms with Crippen LogP contribution in [0.2, 0.25) is 0 Å². The SMILES string of the molecule is Cc1cncc(C2NCCc3ccccc32)c1C. The first-order valence-corrected chi connectivity index (χ1v) is 6.49. The Morgan fingerprint density at radius 3 is 2.83 bits per heavy atom. The number of rotatable bonds is 1. The molecule has 2 nitrogen and oxygen atoms in total. The second-order valence-corrected chi connectivity index (χ2v) is 5.01. The molecule has 18 heavy (non-hydrogen) atoms. The third-order valence-corrected chi connectivity index (χ3v) is 3.93. The van der Waals surface area contributed by atoms with E-state index in [1.165, 1.54) is 27.8 Å². The Labute approximate surface area is 108 Å². The molecular formula is C16H18N2. The van der Waals surface area contributed by atoms with Crippen molar-refractivity contribution >= 4 is 0 Å². The average Bonchev–Trinajstić information content (AvgIpc) is 2.41. The van der Waals surface area contributed by atoms with Crippen LogP contribution in [0.1, 0.15) is 33.9 Å². The number of fused-ring (bicyclic) bond motifs is 1. The quantitative estimate of drug-likeness (QED) is 0.826. The van der Waals surface area contributed by atoms with E-state index in [1.807, 2.05) is 12.4 Å². The number of hydrogen-bond donors (Lipinski definition) is 1. The Morgan fingerprint density at radius 2 is 1.94 bits per heavy atom. The Kier molecular flexibility index (Phi) is 2.88. The summed E-state index contributed by atoms with van der Waals surface area (Å²) in [5.74, 6) is 0. The van der Waals surface area contributed by atoms with E-state index in [1.54, 1.807) is 0 Å². The van der Waals surface area contributed by atoms with E-state index in [0.717, 1.165) is 13.0 Å². The molecule has 0 spiro atoms. The van der Waals surface area contributed by atoms with Gasteiger partial charge in [0.1, 0.15) is 0 Å². The third-order valence-electron chi connectivity index (χ3n) is 3.93. The lowest BCUT2D eigenvalue weighted by Crippen LogP contribution is -2.31. The summed E-state index contributed by atoms with van der Waals surface area (Å²) in [5.41, 5.74) is 6.78. The predicted molar refractivity (Wildman–Crippen MR) is 73.7 cm³/mol. The highest BCUT2D eigenvalue weighted by molar-refractivity contribution is 5.42. The molecular weight excluding hydrogens is 220 g/mol. The van der Waals surface area contributed by atoms with Crippen LogP contribution in [-0.2, 0) is 6.42 Å². The average molecular weight is 238 g/mol. The van der Waals surface area contributed by atoms with Crippen molar-refractivity contribution < 1.29 is 0 Å². The number of nitrogens with one attached hydrogen (secondary N) is 1. The van der Waals surface area contributed by atoms with Crippen molar-refractivity contribution in [3.8, 4) is 0 Å². The summed E-state index contributed by atoms with van der Waals surface area (Å²) in [6.07, 6.45) is 5.06. The molecule has 92 valence electrons. The van der Waals surface area contributed by atoms with Crippen molar-refractivity contribution in [2.75, 3.05) is 6.54 Å². The molecule has 0 aliphatic carbocycles. The van der Waals surface area contributed by atoms with Crippen molar-refractivity contribution in [3.05, 3.63) is 64.5 Å². The molecule has 3 rings (SSSR count). The maximum Gasteiger partial charge on any atom is 0.0597 e. The molecule has 0 radical (unpaired) electrons. The summed E-state index contributed by atoms with van der Waals surface area (Å²) in [4.78, 5) is 4.35. The van der Waals surface area contributed by atoms with Gasteiger partial charge < -0.3 is 5.32 Å². The molecule has 2 aromatic rings. The van der Waals surface area contributed by atoms with Crippen LogP contribution >= 0.6 is 0 Å². The molecule has 0 fully saturated rings. The molecule has 1 aromatic heterocycles. The minimum Gasteiger partial charge on any atom is -0.306 e. The summed E-state index contributed by atoms with van der Waals surface area (Å²) < 4.78 is 0. The first-order chi connectivity index (χ1) is 8.77. The fourth-order valence-corrected chi connectivity index (χ4v) is 2.72. The molecule has 1 aliphatic rings. The Bertz CT molecular complexity index is 575. The molecule has 1 unspecified atom stereocenters. The maximum absolute atomic E-state index is 4.35. The molecule has 2 heterocycles. The van der Waals surface area contributed by atoms with E-state index in [0.29, 0.717) is 6.04 Å². The minimum absolute atomic E-state index is 0.294. The largest absolute Gasteiger partial charge is 0.306 e. The fourth-order valence-electron chi connectivity index (χ4n) is 2.72. The number of pyridine rings is 1. The lowest BCUT2D eigenvalue weighted by Gasteiger charge is -2.28. The third kappa shape index (κ3) is 1.83. The summed E-state index contributed by atoms with van der Waals surface area (Å²) in [5, 5.41) is 3.62. The van der Waals surface area contributed by atoms with Crippen LogP contribution in [0.15, 0.2) is 36.7 Å². The standard InChI is InChI=1S/C16H18N2/c1-11-9-17-10-15(12(11)2)16-14-6-4-3-5-13(14)7-8-18-16/h3-6,9-10,16,18H,7-8H2,1-2H3. The van der Waals surface area contributed by atoms with Crippen LogP contribution in [0.25, 0.3) is 0 Å². The lowest BCUT2D eigenvalue weighted by molar-refractivity contribution is 0.564. The summed E-state index contributed by atoms with van der Waals surface area (Å²) in [6, 6.07) is 9.01. The van der Waals surface area contributed by atoms with Gasteiger partial charge >= 0.3 is 0 Å². The minimum atomic E-state index is 0.294. The Balaban J connectivity index is 2.11. The van der Waals surface area contributed by atoms with Gasteiger partial charge in [-0.1, -0.05) is 24.3 Å². The van der Waals surface area contributed by atoms with Gasteiger partial charge in [0.25, 0.3) is 0 Å². The molecule has 0 bridgehead atoms. The first kappa shape index (κ1) is 11.4. The second kappa shape index (κ2) is 4.54. The van der Waals surface area contributed by atoms with Crippen LogP contribution in [0.3, 0.4) is 0 Å². The van der Waals surface area contributed by atoms with E-state index in [9.17, 15) is 0 Å². The van der Waals surface area contributed by atoms with Crippen LogP contribution in [0.5, 0.6) is 0 Å². The van der Waals surface area contributed by atoms with E-state index in [-0.39, 0.29) is 0 Å². The smallest absolute Gasteiger partial charge is 0.0597 e. The zero-order valence-electron chi connectivity index (χ0n) is 10.9. The maximum atomic E-state index is 4.35. The van der Waals surface area contributed by atoms with Crippen LogP contribution in [0.4, 0.5) is 0 Å². The van der Waals surface area contributed by atoms with Gasteiger partial charge in [0, 0.05) is 18.9 Å². The van der Waals surface area contributed by atoms with Gasteiger partial charge in [-0.2, -0.15) is 0 Å². The van der Waals surface area contributed by atoms with E-state index in [2.05, 4.69) is 48.4 Å². The lowest BCUT2D eigenvalue weighted by atomic mass is 9.88. The fraction of sp³-hybridized carbons (Fsp3) is 0.312. The van der Waals surface area contributed by atoms with Crippen molar-refractivity contribution in [1.82, 2.24) is 10.3 Å². The van der Waals surface area contributed by atoms with Crippen LogP contribution in [0, 0.1) is 13.8 Å². The molecule has 1 N–H and O–H groups in total. The van der Waals surface area contributed by atoms with Gasteiger partial charge in [-0.05, 0) is 48.1 Å². The van der Waals surface area contributed by atoms with E-state index in [4.69, 9.17) is 0 Å². The van der Waals surface area contributed by atoms with E-state index < -0.39 is 0 Å². The molecule has 2 heteroatoms. The number of nitrogens with zero attached hydrogens (tertiary/aromatic N) is 1. The van der Waals surface area contributed by atoms with Gasteiger partial charge in [0.2, 0.25) is 0 Å². The highest BCUT2D eigenvalue weighted by Gasteiger charge is 2.22. The van der Waals surface area contributed by atoms with E-state index >= 15 is 0 Å². The zero-order chi connectivity index (χ0) is 12.5. The molecule has 0 amide bonds. The molecule has 0 saturated carbocycles. The molecule has 1 atom stereocenters. The second-order valence-electron chi connectivity index (χ2n) is 5.01. The normalized spacial score (nSPS) is 18.4. The van der Waals surface area contributed by atoms with Crippen molar-refractivity contribution in [2.45, 2.75) is 26.3 Å². The van der Waals surface area contributed by atoms with Gasteiger partial charge in [0.05, 0.1) is 6.04 Å². The Morgan fingerprint density at radius 1 is 1.11 bits per heavy atom. The molecule has 1 aromatic carbocycles. The molecule has 1 aliphatic heterocycles. The topological polar surface area (TPSA) is 24.9 Å². The van der Waals surface area contributed by atoms with Crippen molar-refractivity contribution in [3.63, 3.8) is 0 Å². The monoisotopic (exact) mass is 238 g/mol. The highest BCUT2D eigenvalue weighted by Crippen LogP contribution is 2.30. The Hall–Kier alpha value is -1.67.